The summed E-state index contributed by atoms with van der Waals surface area (Å²) in [5.41, 5.74) is 1.72. The Labute approximate surface area is 148 Å². The third-order valence-electron chi connectivity index (χ3n) is 4.41. The van der Waals surface area contributed by atoms with Gasteiger partial charge in [-0.1, -0.05) is 10.7 Å². The fourth-order valence-corrected chi connectivity index (χ4v) is 5.01. The number of benzene rings is 1. The van der Waals surface area contributed by atoms with Crippen molar-refractivity contribution in [2.45, 2.75) is 45.3 Å². The van der Waals surface area contributed by atoms with Gasteiger partial charge in [0.2, 0.25) is 0 Å². The van der Waals surface area contributed by atoms with E-state index in [1.807, 2.05) is 0 Å². The van der Waals surface area contributed by atoms with Crippen molar-refractivity contribution in [1.82, 2.24) is 4.31 Å². The van der Waals surface area contributed by atoms with E-state index in [2.05, 4.69) is 0 Å². The van der Waals surface area contributed by atoms with Gasteiger partial charge in [0.25, 0.3) is 0 Å². The molecule has 138 valence electrons. The van der Waals surface area contributed by atoms with E-state index in [1.165, 1.54) is 17.5 Å². The standard InChI is InChI=1S/C18H23F2NO3S/c1-4-25(21-7-5-15(22)6-8-21)18(19,20)11-16-12(2)9-14(17(23)24)10-13(16)3/h4,9-10H,5-8,11H2,1-3H3,(H,23,24). The summed E-state index contributed by atoms with van der Waals surface area (Å²) in [4.78, 5) is 22.5. The van der Waals surface area contributed by atoms with Crippen molar-refractivity contribution in [2.75, 3.05) is 13.1 Å². The average molecular weight is 371 g/mol. The van der Waals surface area contributed by atoms with Gasteiger partial charge in [0.05, 0.1) is 5.56 Å². The molecule has 1 heterocycles. The lowest BCUT2D eigenvalue weighted by Crippen LogP contribution is -2.35. The Balaban J connectivity index is 2.28. The minimum absolute atomic E-state index is 0.109. The van der Waals surface area contributed by atoms with E-state index < -0.39 is 28.3 Å². The highest BCUT2D eigenvalue weighted by Gasteiger charge is 2.38. The molecule has 1 aliphatic heterocycles. The second kappa shape index (κ2) is 7.74. The maximum absolute atomic E-state index is 15.0. The van der Waals surface area contributed by atoms with E-state index in [4.69, 9.17) is 5.11 Å². The molecule has 7 heteroatoms. The van der Waals surface area contributed by atoms with Crippen molar-refractivity contribution in [3.8, 4) is 0 Å². The number of alkyl halides is 2. The SMILES string of the molecule is C/C=S(\N1CCC(=O)CC1)C(F)(F)Cc1c(C)cc(C(=O)O)cc1C. The predicted octanol–water partition coefficient (Wildman–Crippen LogP) is 3.81. The molecule has 1 N–H and O–H groups in total. The van der Waals surface area contributed by atoms with Crippen LogP contribution in [0.5, 0.6) is 0 Å². The maximum atomic E-state index is 15.0. The van der Waals surface area contributed by atoms with Gasteiger partial charge in [-0.3, -0.25) is 9.10 Å². The molecule has 25 heavy (non-hydrogen) atoms. The number of Topliss-reactive ketones (excluding diaryl/α,β-unsaturated/α-hetero) is 1. The van der Waals surface area contributed by atoms with Crippen molar-refractivity contribution in [3.63, 3.8) is 0 Å². The molecule has 0 bridgehead atoms. The van der Waals surface area contributed by atoms with Gasteiger partial charge < -0.3 is 5.11 Å². The van der Waals surface area contributed by atoms with E-state index in [9.17, 15) is 9.59 Å². The third kappa shape index (κ3) is 4.52. The maximum Gasteiger partial charge on any atom is 0.335 e. The van der Waals surface area contributed by atoms with Crippen LogP contribution >= 0.6 is 10.7 Å². The molecule has 1 fully saturated rings. The van der Waals surface area contributed by atoms with Gasteiger partial charge in [-0.25, -0.2) is 4.79 Å². The number of aryl methyl sites for hydroxylation is 2. The zero-order valence-electron chi connectivity index (χ0n) is 14.6. The number of hydrogen-bond donors (Lipinski definition) is 1. The highest BCUT2D eigenvalue weighted by molar-refractivity contribution is 8.13. The molecule has 1 aromatic carbocycles. The number of halogens is 2. The number of carbonyl (C=O) groups is 2. The summed E-state index contributed by atoms with van der Waals surface area (Å²) < 4.78 is 31.7. The number of aromatic carboxylic acids is 1. The van der Waals surface area contributed by atoms with Gasteiger partial charge in [0.15, 0.2) is 0 Å². The Morgan fingerprint density at radius 1 is 1.28 bits per heavy atom. The van der Waals surface area contributed by atoms with E-state index >= 15 is 8.78 Å². The van der Waals surface area contributed by atoms with Crippen molar-refractivity contribution in [2.24, 2.45) is 0 Å². The molecule has 2 rings (SSSR count). The molecule has 0 amide bonds. The van der Waals surface area contributed by atoms with Crippen LogP contribution < -0.4 is 0 Å². The van der Waals surface area contributed by atoms with Gasteiger partial charge in [-0.15, -0.1) is 0 Å². The Morgan fingerprint density at radius 2 is 1.80 bits per heavy atom. The molecular formula is C18H23F2NO3S. The highest BCUT2D eigenvalue weighted by Crippen LogP contribution is 2.43. The lowest BCUT2D eigenvalue weighted by Gasteiger charge is -2.34. The molecule has 0 radical (unpaired) electrons. The van der Waals surface area contributed by atoms with Gasteiger partial charge in [0.1, 0.15) is 5.78 Å². The fourth-order valence-electron chi connectivity index (χ4n) is 3.12. The van der Waals surface area contributed by atoms with Crippen LogP contribution in [0, 0.1) is 13.8 Å². The Hall–Kier alpha value is -1.60. The highest BCUT2D eigenvalue weighted by atomic mass is 32.2. The third-order valence-corrected chi connectivity index (χ3v) is 6.54. The molecular weight excluding hydrogens is 348 g/mol. The van der Waals surface area contributed by atoms with Crippen LogP contribution in [0.3, 0.4) is 0 Å². The summed E-state index contributed by atoms with van der Waals surface area (Å²) >= 11 is 0. The van der Waals surface area contributed by atoms with E-state index in [-0.39, 0.29) is 11.3 Å². The zero-order chi connectivity index (χ0) is 18.8. The van der Waals surface area contributed by atoms with Crippen molar-refractivity contribution in [1.29, 1.82) is 0 Å². The first-order valence-electron chi connectivity index (χ1n) is 8.16. The van der Waals surface area contributed by atoms with Crippen LogP contribution in [0.1, 0.15) is 46.8 Å². The second-order valence-corrected chi connectivity index (χ2v) is 8.44. The minimum atomic E-state index is -2.98. The number of carboxylic acids is 1. The van der Waals surface area contributed by atoms with Crippen LogP contribution in [0.25, 0.3) is 0 Å². The first kappa shape index (κ1) is 19.7. The van der Waals surface area contributed by atoms with Crippen LogP contribution in [0.4, 0.5) is 8.78 Å². The monoisotopic (exact) mass is 371 g/mol. The topological polar surface area (TPSA) is 57.6 Å². The largest absolute Gasteiger partial charge is 0.478 e. The second-order valence-electron chi connectivity index (χ2n) is 6.23. The molecule has 0 aromatic heterocycles. The molecule has 0 spiro atoms. The molecule has 0 aliphatic carbocycles. The number of carbonyl (C=O) groups excluding carboxylic acids is 1. The molecule has 1 aliphatic rings. The number of piperidine rings is 1. The van der Waals surface area contributed by atoms with E-state index in [0.717, 1.165) is 0 Å². The summed E-state index contributed by atoms with van der Waals surface area (Å²) in [6.07, 6.45) is 0.194. The first-order chi connectivity index (χ1) is 11.7. The van der Waals surface area contributed by atoms with Crippen molar-refractivity contribution in [3.05, 3.63) is 34.4 Å². The van der Waals surface area contributed by atoms with Crippen molar-refractivity contribution < 1.29 is 23.5 Å². The quantitative estimate of drug-likeness (QED) is 0.800. The number of hydrogen-bond acceptors (Lipinski definition) is 3. The first-order valence-corrected chi connectivity index (χ1v) is 9.41. The molecule has 4 nitrogen and oxygen atoms in total. The van der Waals surface area contributed by atoms with Gasteiger partial charge >= 0.3 is 11.2 Å². The Kier molecular flexibility index (Phi) is 6.11. The van der Waals surface area contributed by atoms with E-state index in [0.29, 0.717) is 42.6 Å². The summed E-state index contributed by atoms with van der Waals surface area (Å²) in [6, 6.07) is 2.88. The van der Waals surface area contributed by atoms with Crippen LogP contribution in [0.2, 0.25) is 0 Å². The molecule has 1 saturated heterocycles. The number of carboxylic acid groups (broad SMARTS) is 1. The minimum Gasteiger partial charge on any atom is -0.478 e. The van der Waals surface area contributed by atoms with Gasteiger partial charge in [-0.2, -0.15) is 8.78 Å². The predicted molar refractivity (Wildman–Crippen MR) is 96.7 cm³/mol. The average Bonchev–Trinajstić information content (AvgIpc) is 2.53. The van der Waals surface area contributed by atoms with Gasteiger partial charge in [0, 0.05) is 32.4 Å². The number of ketones is 1. The summed E-state index contributed by atoms with van der Waals surface area (Å²) in [6.45, 7) is 5.67. The summed E-state index contributed by atoms with van der Waals surface area (Å²) in [5, 5.41) is 7.63. The fraction of sp³-hybridized carbons (Fsp3) is 0.500. The normalized spacial score (nSPS) is 17.7. The molecule has 1 atom stereocenters. The van der Waals surface area contributed by atoms with Gasteiger partial charge in [-0.05, 0) is 55.0 Å². The summed E-state index contributed by atoms with van der Waals surface area (Å²) in [7, 11) is -1.37. The van der Waals surface area contributed by atoms with Crippen LogP contribution in [-0.4, -0.2) is 44.9 Å². The smallest absolute Gasteiger partial charge is 0.335 e. The Bertz CT molecular complexity index is 698. The van der Waals surface area contributed by atoms with Crippen LogP contribution in [-0.2, 0) is 11.2 Å². The number of rotatable bonds is 5. The van der Waals surface area contributed by atoms with Crippen molar-refractivity contribution >= 4 is 27.8 Å². The van der Waals surface area contributed by atoms with E-state index in [1.54, 1.807) is 25.1 Å². The molecule has 1 unspecified atom stereocenters. The lowest BCUT2D eigenvalue weighted by atomic mass is 9.97. The molecule has 1 aromatic rings. The lowest BCUT2D eigenvalue weighted by molar-refractivity contribution is -0.120. The summed E-state index contributed by atoms with van der Waals surface area (Å²) in [5.74, 6) is -0.945. The zero-order valence-corrected chi connectivity index (χ0v) is 15.5. The Morgan fingerprint density at radius 3 is 2.24 bits per heavy atom. The number of nitrogens with zero attached hydrogens (tertiary/aromatic N) is 1. The van der Waals surface area contributed by atoms with Crippen LogP contribution in [0.15, 0.2) is 12.1 Å². The molecule has 0 saturated carbocycles.